The number of hydrogen-bond acceptors (Lipinski definition) is 5. The van der Waals surface area contributed by atoms with Gasteiger partial charge in [0.15, 0.2) is 23.1 Å². The minimum absolute atomic E-state index is 0.00219. The molecule has 2 aliphatic rings. The fourth-order valence-electron chi connectivity index (χ4n) is 5.79. The number of rotatable bonds is 5. The second kappa shape index (κ2) is 11.9. The predicted octanol–water partition coefficient (Wildman–Crippen LogP) is 3.74. The maximum Gasteiger partial charge on any atom is 0.430 e. The van der Waals surface area contributed by atoms with E-state index in [0.29, 0.717) is 11.8 Å². The summed E-state index contributed by atoms with van der Waals surface area (Å²) in [4.78, 5) is 21.3. The number of hydrogen-bond donors (Lipinski definition) is 2. The summed E-state index contributed by atoms with van der Waals surface area (Å²) in [5, 5.41) is 14.4. The quantitative estimate of drug-likeness (QED) is 0.420. The van der Waals surface area contributed by atoms with E-state index >= 15 is 0 Å². The molecule has 0 aromatic heterocycles. The highest BCUT2D eigenvalue weighted by Crippen LogP contribution is 2.52. The zero-order chi connectivity index (χ0) is 29.9. The zero-order valence-electron chi connectivity index (χ0n) is 22.5. The van der Waals surface area contributed by atoms with Crippen LogP contribution in [-0.4, -0.2) is 69.6 Å². The number of carboxylic acid groups (broad SMARTS) is 1. The van der Waals surface area contributed by atoms with Crippen LogP contribution in [0.3, 0.4) is 0 Å². The summed E-state index contributed by atoms with van der Waals surface area (Å²) in [5.41, 5.74) is 1.47. The zero-order valence-corrected chi connectivity index (χ0v) is 22.5. The molecule has 2 aromatic carbocycles. The molecule has 2 N–H and O–H groups in total. The molecule has 0 bridgehead atoms. The van der Waals surface area contributed by atoms with Crippen LogP contribution < -0.4 is 25.2 Å². The molecule has 4 rings (SSSR count). The maximum absolute atomic E-state index is 13.5. The van der Waals surface area contributed by atoms with Crippen LogP contribution in [0.25, 0.3) is 0 Å². The van der Waals surface area contributed by atoms with Gasteiger partial charge in [-0.25, -0.2) is 13.6 Å². The van der Waals surface area contributed by atoms with Crippen molar-refractivity contribution in [3.8, 4) is 11.5 Å². The van der Waals surface area contributed by atoms with Gasteiger partial charge in [-0.3, -0.25) is 0 Å². The molecule has 2 aromatic rings. The van der Waals surface area contributed by atoms with Gasteiger partial charge in [-0.15, -0.1) is 0 Å². The monoisotopic (exact) mass is 573 g/mol. The molecule has 13 heteroatoms. The summed E-state index contributed by atoms with van der Waals surface area (Å²) in [5.74, 6) is -3.50. The number of carboxylic acids is 1. The largest absolute Gasteiger partial charge is 0.542 e. The lowest BCUT2D eigenvalue weighted by molar-refractivity contribution is -0.905. The van der Waals surface area contributed by atoms with Gasteiger partial charge < -0.3 is 34.5 Å². The van der Waals surface area contributed by atoms with E-state index in [1.165, 1.54) is 11.6 Å². The maximum atomic E-state index is 13.5. The number of anilines is 1. The Morgan fingerprint density at radius 3 is 2.23 bits per heavy atom. The summed E-state index contributed by atoms with van der Waals surface area (Å²) in [6.07, 6.45) is -1.54. The average molecular weight is 574 g/mol. The molecule has 2 fully saturated rings. The van der Waals surface area contributed by atoms with Crippen LogP contribution in [0, 0.1) is 11.6 Å². The van der Waals surface area contributed by atoms with Crippen LogP contribution in [-0.2, 0) is 10.2 Å². The Kier molecular flexibility index (Phi) is 9.17. The van der Waals surface area contributed by atoms with Crippen molar-refractivity contribution in [3.05, 3.63) is 53.6 Å². The minimum atomic E-state index is -5.19. The molecule has 1 aliphatic heterocycles. The van der Waals surface area contributed by atoms with E-state index in [0.717, 1.165) is 54.6 Å². The van der Waals surface area contributed by atoms with Crippen molar-refractivity contribution in [2.24, 2.45) is 0 Å². The molecule has 220 valence electrons. The summed E-state index contributed by atoms with van der Waals surface area (Å²) in [7, 11) is 7.78. The van der Waals surface area contributed by atoms with Crippen LogP contribution in [0.1, 0.15) is 31.2 Å². The number of ether oxygens (including phenoxy) is 2. The Morgan fingerprint density at radius 1 is 1.00 bits per heavy atom. The van der Waals surface area contributed by atoms with E-state index in [2.05, 4.69) is 36.9 Å². The summed E-state index contributed by atoms with van der Waals surface area (Å²) < 4.78 is 70.0. The molecule has 1 heterocycles. The Hall–Kier alpha value is -3.61. The van der Waals surface area contributed by atoms with E-state index in [-0.39, 0.29) is 17.1 Å². The number of urea groups is 1. The molecule has 0 radical (unpaired) electrons. The third kappa shape index (κ3) is 6.75. The van der Waals surface area contributed by atoms with Gasteiger partial charge >= 0.3 is 12.2 Å². The molecule has 0 spiro atoms. The number of likely N-dealkylation sites (tertiary alicyclic amines) is 1. The van der Waals surface area contributed by atoms with Gasteiger partial charge in [0.05, 0.1) is 40.3 Å². The van der Waals surface area contributed by atoms with Crippen molar-refractivity contribution >= 4 is 17.7 Å². The minimum Gasteiger partial charge on any atom is -0.542 e. The number of quaternary nitrogens is 1. The van der Waals surface area contributed by atoms with E-state index in [4.69, 9.17) is 19.4 Å². The molecule has 3 unspecified atom stereocenters. The Bertz CT molecular complexity index is 1240. The number of likely N-dealkylation sites (N-methyl/N-ethyl adjacent to an activating group) is 1. The van der Waals surface area contributed by atoms with Crippen LogP contribution >= 0.6 is 0 Å². The number of carbonyl (C=O) groups is 2. The lowest BCUT2D eigenvalue weighted by Gasteiger charge is -2.46. The molecule has 3 atom stereocenters. The van der Waals surface area contributed by atoms with Crippen LogP contribution in [0.15, 0.2) is 36.4 Å². The van der Waals surface area contributed by atoms with E-state index < -0.39 is 29.8 Å². The van der Waals surface area contributed by atoms with Gasteiger partial charge in [0.25, 0.3) is 0 Å². The number of nitrogens with zero attached hydrogens (tertiary/aromatic N) is 1. The normalized spacial score (nSPS) is 23.2. The average Bonchev–Trinajstić information content (AvgIpc) is 3.16. The first-order valence-electron chi connectivity index (χ1n) is 12.5. The third-order valence-electron chi connectivity index (χ3n) is 7.77. The number of fused-ring (bicyclic) bond motifs is 1. The molecule has 1 saturated carbocycles. The summed E-state index contributed by atoms with van der Waals surface area (Å²) in [6.45, 7) is 1.05. The van der Waals surface area contributed by atoms with E-state index in [9.17, 15) is 26.7 Å². The molecule has 2 amide bonds. The van der Waals surface area contributed by atoms with E-state index in [1.807, 2.05) is 6.07 Å². The first-order chi connectivity index (χ1) is 18.6. The highest BCUT2D eigenvalue weighted by atomic mass is 19.4. The first-order valence-corrected chi connectivity index (χ1v) is 12.5. The van der Waals surface area contributed by atoms with Gasteiger partial charge in [0.2, 0.25) is 0 Å². The van der Waals surface area contributed by atoms with Crippen molar-refractivity contribution in [2.45, 2.75) is 49.4 Å². The number of benzene rings is 2. The molecule has 1 saturated heterocycles. The van der Waals surface area contributed by atoms with Crippen LogP contribution in [0.5, 0.6) is 11.5 Å². The fourth-order valence-corrected chi connectivity index (χ4v) is 5.79. The second-order valence-corrected chi connectivity index (χ2v) is 10.5. The number of amides is 2. The standard InChI is InChI=1S/C25H31F2N3O3.C2HF3O2/c1-30(2)12-11-25(16-5-8-21(32-3)22(13-16)33-4)10-9-18(15-23(25)30)29-24(31)28-17-6-7-19(26)20(27)14-17;3-2(4,5)1(6)7/h5-8,13-14,18,23H,9-12,15H2,1-4H3,(H-,28,29,31);(H,6,7). The lowest BCUT2D eigenvalue weighted by atomic mass is 9.64. The fraction of sp³-hybridized carbons (Fsp3) is 0.481. The summed E-state index contributed by atoms with van der Waals surface area (Å²) >= 11 is 0. The van der Waals surface area contributed by atoms with Gasteiger partial charge in [-0.1, -0.05) is 6.07 Å². The molecule has 8 nitrogen and oxygen atoms in total. The Balaban J connectivity index is 0.000000559. The van der Waals surface area contributed by atoms with Gasteiger partial charge in [-0.2, -0.15) is 13.2 Å². The van der Waals surface area contributed by atoms with Crippen molar-refractivity contribution in [1.29, 1.82) is 0 Å². The topological polar surface area (TPSA) is 99.7 Å². The Labute approximate surface area is 228 Å². The van der Waals surface area contributed by atoms with E-state index in [1.54, 1.807) is 14.2 Å². The number of aliphatic carboxylic acids is 1. The van der Waals surface area contributed by atoms with Crippen LogP contribution in [0.4, 0.5) is 32.4 Å². The van der Waals surface area contributed by atoms with Crippen molar-refractivity contribution in [3.63, 3.8) is 0 Å². The highest BCUT2D eigenvalue weighted by molar-refractivity contribution is 5.89. The van der Waals surface area contributed by atoms with Crippen molar-refractivity contribution in [2.75, 3.05) is 40.2 Å². The molecular weight excluding hydrogens is 541 g/mol. The predicted molar refractivity (Wildman–Crippen MR) is 134 cm³/mol. The van der Waals surface area contributed by atoms with Crippen molar-refractivity contribution < 1.29 is 50.6 Å². The smallest absolute Gasteiger partial charge is 0.430 e. The Morgan fingerprint density at radius 2 is 1.65 bits per heavy atom. The first kappa shape index (κ1) is 30.9. The number of nitrogens with one attached hydrogen (secondary N) is 2. The number of alkyl halides is 3. The second-order valence-electron chi connectivity index (χ2n) is 10.5. The van der Waals surface area contributed by atoms with Gasteiger partial charge in [-0.05, 0) is 42.7 Å². The molecule has 1 aliphatic carbocycles. The third-order valence-corrected chi connectivity index (χ3v) is 7.77. The number of carbonyl (C=O) groups excluding carboxylic acids is 2. The molecular formula is C27H32F5N3O5. The van der Waals surface area contributed by atoms with Crippen LogP contribution in [0.2, 0.25) is 0 Å². The summed E-state index contributed by atoms with van der Waals surface area (Å²) in [6, 6.07) is 9.44. The number of methoxy groups -OCH3 is 2. The SMILES string of the molecule is COc1ccc(C23CCC(NC(=O)Nc4ccc(F)c(F)c4)CC2[N+](C)(C)CC3)cc1OC.O=C([O-])C(F)(F)F. The van der Waals surface area contributed by atoms with Gasteiger partial charge in [0, 0.05) is 30.6 Å². The lowest BCUT2D eigenvalue weighted by Crippen LogP contribution is -2.57. The van der Waals surface area contributed by atoms with Gasteiger partial charge in [0.1, 0.15) is 12.0 Å². The number of halogens is 5. The van der Waals surface area contributed by atoms with Crippen molar-refractivity contribution in [1.82, 2.24) is 5.32 Å². The highest BCUT2D eigenvalue weighted by Gasteiger charge is 2.57. The molecule has 40 heavy (non-hydrogen) atoms.